The summed E-state index contributed by atoms with van der Waals surface area (Å²) in [6.45, 7) is 2.64. The van der Waals surface area contributed by atoms with Gasteiger partial charge < -0.3 is 4.74 Å². The van der Waals surface area contributed by atoms with Crippen molar-refractivity contribution >= 4 is 21.4 Å². The highest BCUT2D eigenvalue weighted by Crippen LogP contribution is 2.23. The number of thiophene rings is 1. The van der Waals surface area contributed by atoms with Gasteiger partial charge in [0.05, 0.1) is 17.5 Å². The zero-order chi connectivity index (χ0) is 17.7. The molecule has 132 valence electrons. The summed E-state index contributed by atoms with van der Waals surface area (Å²) in [5, 5.41) is 6.22. The van der Waals surface area contributed by atoms with Gasteiger partial charge in [0.15, 0.2) is 0 Å². The van der Waals surface area contributed by atoms with Crippen LogP contribution in [0.2, 0.25) is 0 Å². The third-order valence-electron chi connectivity index (χ3n) is 3.63. The Bertz CT molecular complexity index is 840. The van der Waals surface area contributed by atoms with Gasteiger partial charge in [0.2, 0.25) is 10.0 Å². The molecule has 0 amide bonds. The Hall–Kier alpha value is -2.16. The largest absolute Gasteiger partial charge is 0.494 e. The molecule has 0 fully saturated rings. The quantitative estimate of drug-likeness (QED) is 0.655. The van der Waals surface area contributed by atoms with Crippen LogP contribution in [-0.2, 0) is 10.0 Å². The number of rotatable bonds is 8. The van der Waals surface area contributed by atoms with Crippen molar-refractivity contribution in [1.82, 2.24) is 14.5 Å². The minimum absolute atomic E-state index is 0.188. The zero-order valence-electron chi connectivity index (χ0n) is 13.7. The molecule has 1 N–H and O–H groups in total. The van der Waals surface area contributed by atoms with Crippen molar-refractivity contribution in [3.8, 4) is 5.75 Å². The molecule has 0 spiro atoms. The van der Waals surface area contributed by atoms with Crippen LogP contribution < -0.4 is 9.46 Å². The lowest BCUT2D eigenvalue weighted by Crippen LogP contribution is -2.31. The van der Waals surface area contributed by atoms with Gasteiger partial charge in [0.1, 0.15) is 5.75 Å². The SMILES string of the molecule is CCOc1ccc(S(=O)(=O)NCC(c2cccs2)n2cccn2)cc1. The molecule has 0 aliphatic rings. The first-order valence-corrected chi connectivity index (χ1v) is 10.2. The van der Waals surface area contributed by atoms with Crippen molar-refractivity contribution in [2.75, 3.05) is 13.2 Å². The predicted molar refractivity (Wildman–Crippen MR) is 97.5 cm³/mol. The molecule has 1 aromatic carbocycles. The summed E-state index contributed by atoms with van der Waals surface area (Å²) in [4.78, 5) is 1.25. The van der Waals surface area contributed by atoms with E-state index in [1.54, 1.807) is 46.5 Å². The van der Waals surface area contributed by atoms with E-state index in [0.29, 0.717) is 12.4 Å². The Kier molecular flexibility index (Phi) is 5.52. The monoisotopic (exact) mass is 377 g/mol. The Morgan fingerprint density at radius 2 is 2.04 bits per heavy atom. The summed E-state index contributed by atoms with van der Waals surface area (Å²) < 4.78 is 34.9. The zero-order valence-corrected chi connectivity index (χ0v) is 15.3. The summed E-state index contributed by atoms with van der Waals surface area (Å²) >= 11 is 1.57. The van der Waals surface area contributed by atoms with Crippen molar-refractivity contribution < 1.29 is 13.2 Å². The van der Waals surface area contributed by atoms with Crippen molar-refractivity contribution in [2.45, 2.75) is 17.9 Å². The van der Waals surface area contributed by atoms with Gasteiger partial charge in [-0.25, -0.2) is 13.1 Å². The lowest BCUT2D eigenvalue weighted by atomic mass is 10.2. The van der Waals surface area contributed by atoms with E-state index in [4.69, 9.17) is 4.74 Å². The van der Waals surface area contributed by atoms with Crippen LogP contribution in [0.5, 0.6) is 5.75 Å². The highest BCUT2D eigenvalue weighted by atomic mass is 32.2. The summed E-state index contributed by atoms with van der Waals surface area (Å²) in [5.41, 5.74) is 0. The number of nitrogens with zero attached hydrogens (tertiary/aromatic N) is 2. The molecule has 8 heteroatoms. The van der Waals surface area contributed by atoms with Gasteiger partial charge in [-0.3, -0.25) is 4.68 Å². The molecular formula is C17H19N3O3S2. The average molecular weight is 377 g/mol. The lowest BCUT2D eigenvalue weighted by molar-refractivity contribution is 0.340. The standard InChI is InChI=1S/C17H19N3O3S2/c1-2-23-14-6-8-15(9-7-14)25(21,22)19-13-16(17-5-3-12-24-17)20-11-4-10-18-20/h3-12,16,19H,2,13H2,1H3. The molecule has 0 aliphatic heterocycles. The summed E-state index contributed by atoms with van der Waals surface area (Å²) in [7, 11) is -3.61. The van der Waals surface area contributed by atoms with E-state index >= 15 is 0 Å². The minimum Gasteiger partial charge on any atom is -0.494 e. The van der Waals surface area contributed by atoms with Crippen molar-refractivity contribution in [2.24, 2.45) is 0 Å². The number of aromatic nitrogens is 2. The molecular weight excluding hydrogens is 358 g/mol. The topological polar surface area (TPSA) is 73.2 Å². The molecule has 0 saturated heterocycles. The Morgan fingerprint density at radius 1 is 1.24 bits per heavy atom. The molecule has 0 saturated carbocycles. The predicted octanol–water partition coefficient (Wildman–Crippen LogP) is 2.91. The summed E-state index contributed by atoms with van der Waals surface area (Å²) in [6, 6.07) is 11.9. The van der Waals surface area contributed by atoms with E-state index in [0.717, 1.165) is 4.88 Å². The first-order chi connectivity index (χ1) is 12.1. The second kappa shape index (κ2) is 7.81. The van der Waals surface area contributed by atoms with Gasteiger partial charge in [0, 0.05) is 23.8 Å². The van der Waals surface area contributed by atoms with Crippen LogP contribution in [0.25, 0.3) is 0 Å². The molecule has 1 unspecified atom stereocenters. The van der Waals surface area contributed by atoms with Gasteiger partial charge in [-0.2, -0.15) is 5.10 Å². The fourth-order valence-electron chi connectivity index (χ4n) is 2.42. The van der Waals surface area contributed by atoms with Crippen molar-refractivity contribution in [1.29, 1.82) is 0 Å². The van der Waals surface area contributed by atoms with Crippen LogP contribution in [0.3, 0.4) is 0 Å². The Balaban J connectivity index is 1.75. The summed E-state index contributed by atoms with van der Waals surface area (Å²) in [5.74, 6) is 0.648. The molecule has 2 aromatic heterocycles. The van der Waals surface area contributed by atoms with Crippen LogP contribution in [-0.4, -0.2) is 31.3 Å². The fourth-order valence-corrected chi connectivity index (χ4v) is 4.28. The lowest BCUT2D eigenvalue weighted by Gasteiger charge is -2.17. The second-order valence-corrected chi connectivity index (χ2v) is 8.02. The van der Waals surface area contributed by atoms with Crippen LogP contribution in [0.4, 0.5) is 0 Å². The van der Waals surface area contributed by atoms with Gasteiger partial charge in [-0.1, -0.05) is 6.07 Å². The second-order valence-electron chi connectivity index (χ2n) is 5.27. The van der Waals surface area contributed by atoms with E-state index in [2.05, 4.69) is 9.82 Å². The average Bonchev–Trinajstić information content (AvgIpc) is 3.30. The number of hydrogen-bond acceptors (Lipinski definition) is 5. The fraction of sp³-hybridized carbons (Fsp3) is 0.235. The van der Waals surface area contributed by atoms with E-state index in [-0.39, 0.29) is 17.5 Å². The van der Waals surface area contributed by atoms with Crippen molar-refractivity contribution in [3.05, 3.63) is 65.1 Å². The Morgan fingerprint density at radius 3 is 2.64 bits per heavy atom. The smallest absolute Gasteiger partial charge is 0.240 e. The van der Waals surface area contributed by atoms with Crippen molar-refractivity contribution in [3.63, 3.8) is 0 Å². The number of sulfonamides is 1. The minimum atomic E-state index is -3.61. The van der Waals surface area contributed by atoms with Crippen LogP contribution in [0.15, 0.2) is 65.1 Å². The van der Waals surface area contributed by atoms with Crippen LogP contribution in [0.1, 0.15) is 17.8 Å². The summed E-state index contributed by atoms with van der Waals surface area (Å²) in [6.07, 6.45) is 3.51. The molecule has 3 rings (SSSR count). The first-order valence-electron chi connectivity index (χ1n) is 7.85. The molecule has 0 radical (unpaired) electrons. The number of hydrogen-bond donors (Lipinski definition) is 1. The number of ether oxygens (including phenoxy) is 1. The molecule has 0 bridgehead atoms. The molecule has 2 heterocycles. The normalized spacial score (nSPS) is 12.8. The number of benzene rings is 1. The van der Waals surface area contributed by atoms with Gasteiger partial charge in [-0.05, 0) is 48.7 Å². The van der Waals surface area contributed by atoms with Crippen LogP contribution in [0, 0.1) is 0 Å². The van der Waals surface area contributed by atoms with E-state index in [9.17, 15) is 8.42 Å². The third kappa shape index (κ3) is 4.28. The molecule has 6 nitrogen and oxygen atoms in total. The number of nitrogens with one attached hydrogen (secondary N) is 1. The van der Waals surface area contributed by atoms with Gasteiger partial charge in [0.25, 0.3) is 0 Å². The van der Waals surface area contributed by atoms with E-state index < -0.39 is 10.0 Å². The first kappa shape index (κ1) is 17.7. The molecule has 3 aromatic rings. The maximum Gasteiger partial charge on any atom is 0.240 e. The van der Waals surface area contributed by atoms with Crippen LogP contribution >= 0.6 is 11.3 Å². The third-order valence-corrected chi connectivity index (χ3v) is 6.04. The van der Waals surface area contributed by atoms with E-state index in [1.807, 2.05) is 36.7 Å². The maximum atomic E-state index is 12.6. The van der Waals surface area contributed by atoms with Gasteiger partial charge in [-0.15, -0.1) is 11.3 Å². The highest BCUT2D eigenvalue weighted by Gasteiger charge is 2.20. The van der Waals surface area contributed by atoms with E-state index in [1.165, 1.54) is 0 Å². The Labute approximate surface area is 151 Å². The highest BCUT2D eigenvalue weighted by molar-refractivity contribution is 7.89. The van der Waals surface area contributed by atoms with Gasteiger partial charge >= 0.3 is 0 Å². The molecule has 1 atom stereocenters. The maximum absolute atomic E-state index is 12.6. The molecule has 25 heavy (non-hydrogen) atoms. The molecule has 0 aliphatic carbocycles.